The molecule has 0 aromatic heterocycles. The lowest BCUT2D eigenvalue weighted by Gasteiger charge is -2.08. The van der Waals surface area contributed by atoms with Crippen LogP contribution in [0.25, 0.3) is 0 Å². The Bertz CT molecular complexity index is 762. The SMILES string of the molecule is O=C(CSc1cccc(NC(=O)C2CC2)c1)Nc1ccccc1F. The first-order chi connectivity index (χ1) is 11.6. The average Bonchev–Trinajstić information content (AvgIpc) is 3.40. The lowest BCUT2D eigenvalue weighted by atomic mass is 10.3. The third kappa shape index (κ3) is 4.58. The molecule has 0 radical (unpaired) electrons. The zero-order chi connectivity index (χ0) is 16.9. The number of thioether (sulfide) groups is 1. The normalized spacial score (nSPS) is 13.4. The maximum absolute atomic E-state index is 13.5. The lowest BCUT2D eigenvalue weighted by molar-refractivity contribution is -0.117. The minimum atomic E-state index is -0.458. The van der Waals surface area contributed by atoms with Gasteiger partial charge in [0.05, 0.1) is 11.4 Å². The van der Waals surface area contributed by atoms with Crippen molar-refractivity contribution in [3.8, 4) is 0 Å². The van der Waals surface area contributed by atoms with Crippen LogP contribution < -0.4 is 10.6 Å². The summed E-state index contributed by atoms with van der Waals surface area (Å²) in [4.78, 5) is 24.6. The molecule has 2 aromatic rings. The molecule has 1 fully saturated rings. The molecule has 0 saturated heterocycles. The van der Waals surface area contributed by atoms with Gasteiger partial charge in [0.25, 0.3) is 0 Å². The van der Waals surface area contributed by atoms with Crippen molar-refractivity contribution in [2.24, 2.45) is 5.92 Å². The summed E-state index contributed by atoms with van der Waals surface area (Å²) in [6.07, 6.45) is 1.91. The van der Waals surface area contributed by atoms with E-state index in [-0.39, 0.29) is 29.2 Å². The number of amides is 2. The van der Waals surface area contributed by atoms with Gasteiger partial charge in [-0.15, -0.1) is 11.8 Å². The van der Waals surface area contributed by atoms with Crippen LogP contribution in [0.3, 0.4) is 0 Å². The summed E-state index contributed by atoms with van der Waals surface area (Å²) >= 11 is 1.33. The van der Waals surface area contributed by atoms with Crippen LogP contribution in [0.1, 0.15) is 12.8 Å². The van der Waals surface area contributed by atoms with E-state index in [0.29, 0.717) is 0 Å². The summed E-state index contributed by atoms with van der Waals surface area (Å²) in [5.41, 5.74) is 0.903. The van der Waals surface area contributed by atoms with Crippen LogP contribution in [-0.2, 0) is 9.59 Å². The van der Waals surface area contributed by atoms with Crippen LogP contribution in [0, 0.1) is 11.7 Å². The molecule has 0 atom stereocenters. The van der Waals surface area contributed by atoms with Crippen LogP contribution >= 0.6 is 11.8 Å². The second kappa shape index (κ2) is 7.49. The van der Waals surface area contributed by atoms with Crippen molar-refractivity contribution in [2.75, 3.05) is 16.4 Å². The van der Waals surface area contributed by atoms with E-state index in [1.807, 2.05) is 24.3 Å². The standard InChI is InChI=1S/C18H17FN2O2S/c19-15-6-1-2-7-16(15)21-17(22)11-24-14-5-3-4-13(10-14)20-18(23)12-8-9-12/h1-7,10,12H,8-9,11H2,(H,20,23)(H,21,22). The Balaban J connectivity index is 1.53. The molecule has 1 aliphatic carbocycles. The average molecular weight is 344 g/mol. The highest BCUT2D eigenvalue weighted by molar-refractivity contribution is 8.00. The number of carbonyl (C=O) groups is 2. The fourth-order valence-electron chi connectivity index (χ4n) is 2.15. The Morgan fingerprint density at radius 2 is 1.88 bits per heavy atom. The summed E-state index contributed by atoms with van der Waals surface area (Å²) in [5.74, 6) is -0.380. The third-order valence-electron chi connectivity index (χ3n) is 3.57. The topological polar surface area (TPSA) is 58.2 Å². The van der Waals surface area contributed by atoms with Crippen LogP contribution in [-0.4, -0.2) is 17.6 Å². The third-order valence-corrected chi connectivity index (χ3v) is 4.56. The van der Waals surface area contributed by atoms with Gasteiger partial charge in [-0.25, -0.2) is 4.39 Å². The molecule has 0 aliphatic heterocycles. The molecule has 2 aromatic carbocycles. The van der Waals surface area contributed by atoms with E-state index in [1.54, 1.807) is 12.1 Å². The monoisotopic (exact) mass is 344 g/mol. The van der Waals surface area contributed by atoms with Gasteiger partial charge in [0, 0.05) is 16.5 Å². The second-order valence-electron chi connectivity index (χ2n) is 5.61. The number of carbonyl (C=O) groups excluding carboxylic acids is 2. The summed E-state index contributed by atoms with van der Waals surface area (Å²) in [7, 11) is 0. The molecule has 4 nitrogen and oxygen atoms in total. The summed E-state index contributed by atoms with van der Waals surface area (Å²) in [6.45, 7) is 0. The van der Waals surface area contributed by atoms with Crippen molar-refractivity contribution in [1.29, 1.82) is 0 Å². The molecule has 24 heavy (non-hydrogen) atoms. The number of anilines is 2. The number of rotatable bonds is 6. The van der Waals surface area contributed by atoms with Crippen molar-refractivity contribution in [3.63, 3.8) is 0 Å². The number of hydrogen-bond donors (Lipinski definition) is 2. The first kappa shape index (κ1) is 16.5. The number of para-hydroxylation sites is 1. The van der Waals surface area contributed by atoms with E-state index in [9.17, 15) is 14.0 Å². The largest absolute Gasteiger partial charge is 0.326 e. The molecule has 124 valence electrons. The number of hydrogen-bond acceptors (Lipinski definition) is 3. The van der Waals surface area contributed by atoms with Gasteiger partial charge in [-0.2, -0.15) is 0 Å². The Labute approximate surface area is 143 Å². The molecule has 0 heterocycles. The minimum absolute atomic E-state index is 0.0504. The van der Waals surface area contributed by atoms with Gasteiger partial charge < -0.3 is 10.6 Å². The molecular formula is C18H17FN2O2S. The van der Waals surface area contributed by atoms with Crippen LogP contribution in [0.4, 0.5) is 15.8 Å². The highest BCUT2D eigenvalue weighted by atomic mass is 32.2. The molecular weight excluding hydrogens is 327 g/mol. The van der Waals surface area contributed by atoms with E-state index in [2.05, 4.69) is 10.6 Å². The van der Waals surface area contributed by atoms with Crippen molar-refractivity contribution in [1.82, 2.24) is 0 Å². The molecule has 3 rings (SSSR count). The van der Waals surface area contributed by atoms with Crippen molar-refractivity contribution >= 4 is 35.0 Å². The zero-order valence-corrected chi connectivity index (χ0v) is 13.7. The Hall–Kier alpha value is -2.34. The minimum Gasteiger partial charge on any atom is -0.326 e. The molecule has 0 bridgehead atoms. The first-order valence-corrected chi connectivity index (χ1v) is 8.68. The predicted molar refractivity (Wildman–Crippen MR) is 93.5 cm³/mol. The van der Waals surface area contributed by atoms with Gasteiger partial charge in [0.15, 0.2) is 0 Å². The molecule has 1 aliphatic rings. The van der Waals surface area contributed by atoms with E-state index < -0.39 is 5.82 Å². The maximum atomic E-state index is 13.5. The van der Waals surface area contributed by atoms with Crippen molar-refractivity contribution in [2.45, 2.75) is 17.7 Å². The highest BCUT2D eigenvalue weighted by Gasteiger charge is 2.29. The van der Waals surface area contributed by atoms with E-state index in [0.717, 1.165) is 23.4 Å². The van der Waals surface area contributed by atoms with Gasteiger partial charge in [-0.05, 0) is 43.2 Å². The zero-order valence-electron chi connectivity index (χ0n) is 12.9. The second-order valence-corrected chi connectivity index (χ2v) is 6.66. The predicted octanol–water partition coefficient (Wildman–Crippen LogP) is 3.91. The molecule has 2 N–H and O–H groups in total. The van der Waals surface area contributed by atoms with Gasteiger partial charge in [-0.1, -0.05) is 18.2 Å². The number of halogens is 1. The fraction of sp³-hybridized carbons (Fsp3) is 0.222. The van der Waals surface area contributed by atoms with E-state index >= 15 is 0 Å². The molecule has 6 heteroatoms. The highest BCUT2D eigenvalue weighted by Crippen LogP contribution is 2.30. The van der Waals surface area contributed by atoms with Crippen molar-refractivity contribution in [3.05, 3.63) is 54.3 Å². The number of benzene rings is 2. The van der Waals surface area contributed by atoms with E-state index in [1.165, 1.54) is 23.9 Å². The van der Waals surface area contributed by atoms with E-state index in [4.69, 9.17) is 0 Å². The van der Waals surface area contributed by atoms with Crippen molar-refractivity contribution < 1.29 is 14.0 Å². The molecule has 2 amide bonds. The maximum Gasteiger partial charge on any atom is 0.234 e. The smallest absolute Gasteiger partial charge is 0.234 e. The Morgan fingerprint density at radius 1 is 1.08 bits per heavy atom. The van der Waals surface area contributed by atoms with Crippen LogP contribution in [0.2, 0.25) is 0 Å². The summed E-state index contributed by atoms with van der Waals surface area (Å²) in [5, 5.41) is 5.42. The first-order valence-electron chi connectivity index (χ1n) is 7.70. The van der Waals surface area contributed by atoms with Gasteiger partial charge >= 0.3 is 0 Å². The van der Waals surface area contributed by atoms with Crippen LogP contribution in [0.15, 0.2) is 53.4 Å². The lowest BCUT2D eigenvalue weighted by Crippen LogP contribution is -2.15. The summed E-state index contributed by atoms with van der Waals surface area (Å²) < 4.78 is 13.5. The fourth-order valence-corrected chi connectivity index (χ4v) is 2.91. The van der Waals surface area contributed by atoms with Crippen LogP contribution in [0.5, 0.6) is 0 Å². The van der Waals surface area contributed by atoms with Gasteiger partial charge in [0.1, 0.15) is 5.82 Å². The molecule has 1 saturated carbocycles. The Kier molecular flexibility index (Phi) is 5.15. The summed E-state index contributed by atoms with van der Waals surface area (Å²) in [6, 6.07) is 13.4. The van der Waals surface area contributed by atoms with Gasteiger partial charge in [0.2, 0.25) is 11.8 Å². The van der Waals surface area contributed by atoms with Gasteiger partial charge in [-0.3, -0.25) is 9.59 Å². The number of nitrogens with one attached hydrogen (secondary N) is 2. The molecule has 0 unspecified atom stereocenters. The molecule has 0 spiro atoms. The quantitative estimate of drug-likeness (QED) is 0.781. The Morgan fingerprint density at radius 3 is 2.62 bits per heavy atom.